The van der Waals surface area contributed by atoms with Crippen molar-refractivity contribution in [2.24, 2.45) is 10.1 Å². The lowest BCUT2D eigenvalue weighted by molar-refractivity contribution is -0.114. The third-order valence-electron chi connectivity index (χ3n) is 4.67. The van der Waals surface area contributed by atoms with Crippen molar-refractivity contribution in [3.63, 3.8) is 0 Å². The number of thioether (sulfide) groups is 1. The second kappa shape index (κ2) is 8.71. The van der Waals surface area contributed by atoms with Crippen LogP contribution in [0.2, 0.25) is 0 Å². The van der Waals surface area contributed by atoms with Gasteiger partial charge in [0.1, 0.15) is 15.7 Å². The minimum absolute atomic E-state index is 0.0409. The van der Waals surface area contributed by atoms with Crippen LogP contribution in [0.1, 0.15) is 30.9 Å². The molecule has 1 N–H and O–H groups in total. The van der Waals surface area contributed by atoms with Gasteiger partial charge >= 0.3 is 10.1 Å². The summed E-state index contributed by atoms with van der Waals surface area (Å²) in [6.07, 6.45) is 3.19. The highest BCUT2D eigenvalue weighted by atomic mass is 32.2. The highest BCUT2D eigenvalue weighted by Crippen LogP contribution is 2.30. The fraction of sp³-hybridized carbons (Fsp3) is 0.182. The molecule has 2 aromatic rings. The van der Waals surface area contributed by atoms with Crippen LogP contribution in [-0.2, 0) is 14.9 Å². The first-order valence-electron chi connectivity index (χ1n) is 9.87. The van der Waals surface area contributed by atoms with Gasteiger partial charge in [-0.3, -0.25) is 10.2 Å². The molecule has 0 aromatic heterocycles. The maximum Gasteiger partial charge on any atom is 0.339 e. The fourth-order valence-corrected chi connectivity index (χ4v) is 4.93. The van der Waals surface area contributed by atoms with E-state index in [1.807, 2.05) is 13.8 Å². The molecule has 2 aliphatic rings. The van der Waals surface area contributed by atoms with Crippen LogP contribution < -0.4 is 4.18 Å². The van der Waals surface area contributed by atoms with E-state index in [1.54, 1.807) is 24.3 Å². The van der Waals surface area contributed by atoms with Crippen LogP contribution in [0.4, 0.5) is 0 Å². The normalized spacial score (nSPS) is 17.3. The Morgan fingerprint density at radius 2 is 1.81 bits per heavy atom. The second-order valence-corrected chi connectivity index (χ2v) is 9.77. The number of nitrogens with zero attached hydrogens (tertiary/aromatic N) is 3. The molecule has 8 nitrogen and oxygen atoms in total. The maximum absolute atomic E-state index is 12.5. The summed E-state index contributed by atoms with van der Waals surface area (Å²) in [6.45, 7) is 3.90. The van der Waals surface area contributed by atoms with E-state index in [4.69, 9.17) is 9.59 Å². The topological polar surface area (TPSA) is 112 Å². The molecule has 1 amide bonds. The van der Waals surface area contributed by atoms with Gasteiger partial charge in [-0.15, -0.1) is 0 Å². The van der Waals surface area contributed by atoms with E-state index in [1.165, 1.54) is 47.1 Å². The summed E-state index contributed by atoms with van der Waals surface area (Å²) < 4.78 is 30.1. The van der Waals surface area contributed by atoms with Gasteiger partial charge in [-0.25, -0.2) is 0 Å². The zero-order valence-electron chi connectivity index (χ0n) is 17.4. The molecule has 0 spiro atoms. The van der Waals surface area contributed by atoms with Crippen molar-refractivity contribution >= 4 is 49.9 Å². The van der Waals surface area contributed by atoms with Crippen LogP contribution >= 0.6 is 11.8 Å². The Morgan fingerprint density at radius 1 is 1.12 bits per heavy atom. The molecule has 2 aliphatic heterocycles. The molecule has 0 atom stereocenters. The SMILES string of the molecule is CCCC1=NN2C(=N)/C(=C/c3ccc(OS(=O)(=O)c4ccc(C)cc4)cc3)C(=O)N=C2S1. The first-order valence-corrected chi connectivity index (χ1v) is 12.1. The van der Waals surface area contributed by atoms with E-state index in [0.29, 0.717) is 10.7 Å². The number of fused-ring (bicyclic) bond motifs is 1. The molecule has 4 rings (SSSR count). The molecule has 164 valence electrons. The summed E-state index contributed by atoms with van der Waals surface area (Å²) in [5.74, 6) is -0.410. The monoisotopic (exact) mass is 468 g/mol. The number of hydrogen-bond acceptors (Lipinski definition) is 7. The Labute approximate surface area is 190 Å². The van der Waals surface area contributed by atoms with Crippen molar-refractivity contribution in [2.45, 2.75) is 31.6 Å². The van der Waals surface area contributed by atoms with Gasteiger partial charge in [0.05, 0.1) is 5.57 Å². The molecule has 0 saturated carbocycles. The number of aliphatic imine (C=N–C) groups is 1. The van der Waals surface area contributed by atoms with E-state index in [-0.39, 0.29) is 22.1 Å². The largest absolute Gasteiger partial charge is 0.379 e. The minimum atomic E-state index is -3.95. The number of carbonyl (C=O) groups excluding carboxylic acids is 1. The van der Waals surface area contributed by atoms with Gasteiger partial charge in [0.15, 0.2) is 5.84 Å². The van der Waals surface area contributed by atoms with Gasteiger partial charge < -0.3 is 4.18 Å². The molecular weight excluding hydrogens is 448 g/mol. The molecule has 10 heteroatoms. The lowest BCUT2D eigenvalue weighted by atomic mass is 10.1. The number of nitrogens with one attached hydrogen (secondary N) is 1. The van der Waals surface area contributed by atoms with Gasteiger partial charge in [-0.05, 0) is 67.4 Å². The first kappa shape index (κ1) is 22.0. The van der Waals surface area contributed by atoms with Crippen molar-refractivity contribution in [3.05, 3.63) is 65.2 Å². The maximum atomic E-state index is 12.5. The van der Waals surface area contributed by atoms with Crippen molar-refractivity contribution < 1.29 is 17.4 Å². The molecule has 2 heterocycles. The summed E-state index contributed by atoms with van der Waals surface area (Å²) in [6, 6.07) is 12.6. The molecule has 32 heavy (non-hydrogen) atoms. The number of benzene rings is 2. The van der Waals surface area contributed by atoms with E-state index in [0.717, 1.165) is 23.4 Å². The van der Waals surface area contributed by atoms with Gasteiger partial charge in [0.2, 0.25) is 5.17 Å². The number of hydrazone groups is 1. The number of amidine groups is 2. The third kappa shape index (κ3) is 4.51. The van der Waals surface area contributed by atoms with Gasteiger partial charge in [-0.1, -0.05) is 36.8 Å². The molecular formula is C22H20N4O4S2. The smallest absolute Gasteiger partial charge is 0.339 e. The van der Waals surface area contributed by atoms with E-state index >= 15 is 0 Å². The number of amides is 1. The average Bonchev–Trinajstić information content (AvgIpc) is 3.15. The fourth-order valence-electron chi connectivity index (χ4n) is 3.01. The van der Waals surface area contributed by atoms with Crippen LogP contribution in [0.15, 0.2) is 69.1 Å². The standard InChI is InChI=1S/C22H20N4O4S2/c1-3-4-19-25-26-20(23)18(21(27)24-22(26)31-19)13-15-7-9-16(10-8-15)30-32(28,29)17-11-5-14(2)6-12-17/h5-13,23H,3-4H2,1-2H3/b18-13-,23-20?. The van der Waals surface area contributed by atoms with Gasteiger partial charge in [0, 0.05) is 0 Å². The predicted octanol–water partition coefficient (Wildman–Crippen LogP) is 4.18. The number of carbonyl (C=O) groups is 1. The van der Waals surface area contributed by atoms with E-state index in [2.05, 4.69) is 10.1 Å². The van der Waals surface area contributed by atoms with Crippen LogP contribution in [-0.4, -0.2) is 35.4 Å². The predicted molar refractivity (Wildman–Crippen MR) is 125 cm³/mol. The Morgan fingerprint density at radius 3 is 2.47 bits per heavy atom. The first-order chi connectivity index (χ1) is 15.3. The molecule has 0 aliphatic carbocycles. The quantitative estimate of drug-likeness (QED) is 0.503. The van der Waals surface area contributed by atoms with Crippen molar-refractivity contribution in [1.29, 1.82) is 5.41 Å². The lowest BCUT2D eigenvalue weighted by Crippen LogP contribution is -2.35. The average molecular weight is 469 g/mol. The molecule has 0 fully saturated rings. The summed E-state index contributed by atoms with van der Waals surface area (Å²) >= 11 is 1.30. The zero-order chi connectivity index (χ0) is 22.9. The number of hydrogen-bond donors (Lipinski definition) is 1. The highest BCUT2D eigenvalue weighted by Gasteiger charge is 2.35. The Bertz CT molecular complexity index is 1280. The van der Waals surface area contributed by atoms with Crippen LogP contribution in [0.5, 0.6) is 5.75 Å². The van der Waals surface area contributed by atoms with Crippen LogP contribution in [0, 0.1) is 12.3 Å². The molecule has 0 saturated heterocycles. The summed E-state index contributed by atoms with van der Waals surface area (Å²) in [4.78, 5) is 16.6. The molecule has 0 unspecified atom stereocenters. The number of rotatable bonds is 6. The third-order valence-corrected chi connectivity index (χ3v) is 6.90. The van der Waals surface area contributed by atoms with Crippen molar-refractivity contribution in [1.82, 2.24) is 5.01 Å². The van der Waals surface area contributed by atoms with Crippen LogP contribution in [0.3, 0.4) is 0 Å². The van der Waals surface area contributed by atoms with E-state index in [9.17, 15) is 13.2 Å². The summed E-state index contributed by atoms with van der Waals surface area (Å²) in [5.41, 5.74) is 1.65. The number of aryl methyl sites for hydroxylation is 1. The Kier molecular flexibility index (Phi) is 5.98. The second-order valence-electron chi connectivity index (χ2n) is 7.18. The zero-order valence-corrected chi connectivity index (χ0v) is 19.0. The van der Waals surface area contributed by atoms with Crippen molar-refractivity contribution in [3.8, 4) is 5.75 Å². The van der Waals surface area contributed by atoms with Crippen molar-refractivity contribution in [2.75, 3.05) is 0 Å². The summed E-state index contributed by atoms with van der Waals surface area (Å²) in [7, 11) is -3.95. The minimum Gasteiger partial charge on any atom is -0.379 e. The lowest BCUT2D eigenvalue weighted by Gasteiger charge is -2.20. The van der Waals surface area contributed by atoms with Crippen LogP contribution in [0.25, 0.3) is 6.08 Å². The van der Waals surface area contributed by atoms with Gasteiger partial charge in [0.25, 0.3) is 5.91 Å². The Balaban J connectivity index is 1.53. The molecule has 0 bridgehead atoms. The molecule has 2 aromatic carbocycles. The molecule has 0 radical (unpaired) electrons. The Hall–Kier alpha value is -3.24. The summed E-state index contributed by atoms with van der Waals surface area (Å²) in [5, 5.41) is 15.3. The van der Waals surface area contributed by atoms with Gasteiger partial charge in [-0.2, -0.15) is 23.5 Å². The highest BCUT2D eigenvalue weighted by molar-refractivity contribution is 8.26. The van der Waals surface area contributed by atoms with E-state index < -0.39 is 16.0 Å².